The van der Waals surface area contributed by atoms with Gasteiger partial charge in [-0.2, -0.15) is 0 Å². The van der Waals surface area contributed by atoms with Gasteiger partial charge in [0, 0.05) is 23.8 Å². The zero-order valence-corrected chi connectivity index (χ0v) is 17.3. The highest BCUT2D eigenvalue weighted by Crippen LogP contribution is 2.44. The maximum absolute atomic E-state index is 12.5. The molecule has 140 valence electrons. The van der Waals surface area contributed by atoms with E-state index in [1.165, 1.54) is 16.2 Å². The zero-order chi connectivity index (χ0) is 19.2. The molecule has 1 atom stereocenters. The van der Waals surface area contributed by atoms with E-state index in [2.05, 4.69) is 50.8 Å². The molecule has 0 spiro atoms. The summed E-state index contributed by atoms with van der Waals surface area (Å²) in [5.74, 6) is 0.277. The van der Waals surface area contributed by atoms with Gasteiger partial charge < -0.3 is 4.90 Å². The molecular weight excluding hydrogens is 344 g/mol. The van der Waals surface area contributed by atoms with Crippen LogP contribution in [0.5, 0.6) is 0 Å². The summed E-state index contributed by atoms with van der Waals surface area (Å²) in [6.07, 6.45) is 2.96. The van der Waals surface area contributed by atoms with Crippen LogP contribution in [0.1, 0.15) is 65.0 Å². The molecule has 5 heteroatoms. The van der Waals surface area contributed by atoms with E-state index < -0.39 is 0 Å². The fraction of sp³-hybridized carbons (Fsp3) is 0.524. The van der Waals surface area contributed by atoms with Gasteiger partial charge in [0.15, 0.2) is 0 Å². The predicted molar refractivity (Wildman–Crippen MR) is 110 cm³/mol. The highest BCUT2D eigenvalue weighted by Gasteiger charge is 2.37. The first kappa shape index (κ1) is 19.0. The van der Waals surface area contributed by atoms with Crippen LogP contribution >= 0.6 is 11.8 Å². The standard InChI is InChI=1S/C21H28N2O2S/c1-7-22-17-9-8-15(10-16(17)14(4)12-21(22,5)6)11-18-19(24)23(13(2)3)20(25)26-18/h8-11,13-14H,7,12H2,1-6H3/b18-11-/t14-/m0/s1. The molecule has 0 aliphatic carbocycles. The summed E-state index contributed by atoms with van der Waals surface area (Å²) in [7, 11) is 0. The largest absolute Gasteiger partial charge is 0.366 e. The minimum atomic E-state index is -0.183. The monoisotopic (exact) mass is 372 g/mol. The Labute approximate surface area is 160 Å². The van der Waals surface area contributed by atoms with E-state index in [0.717, 1.165) is 30.3 Å². The zero-order valence-electron chi connectivity index (χ0n) is 16.5. The van der Waals surface area contributed by atoms with Gasteiger partial charge in [0.25, 0.3) is 11.1 Å². The molecule has 0 radical (unpaired) electrons. The third kappa shape index (κ3) is 3.18. The van der Waals surface area contributed by atoms with Crippen LogP contribution in [0.25, 0.3) is 6.08 Å². The maximum atomic E-state index is 12.5. The van der Waals surface area contributed by atoms with Gasteiger partial charge in [0.1, 0.15) is 0 Å². The topological polar surface area (TPSA) is 40.6 Å². The highest BCUT2D eigenvalue weighted by molar-refractivity contribution is 8.18. The van der Waals surface area contributed by atoms with Gasteiger partial charge in [0.05, 0.1) is 4.91 Å². The van der Waals surface area contributed by atoms with Crippen LogP contribution in [0.2, 0.25) is 0 Å². The molecule has 1 aromatic carbocycles. The second-order valence-electron chi connectivity index (χ2n) is 8.13. The van der Waals surface area contributed by atoms with Crippen molar-refractivity contribution in [3.63, 3.8) is 0 Å². The molecule has 3 rings (SSSR count). The molecule has 0 bridgehead atoms. The number of hydrogen-bond acceptors (Lipinski definition) is 4. The number of nitrogens with zero attached hydrogens (tertiary/aromatic N) is 2. The van der Waals surface area contributed by atoms with E-state index in [4.69, 9.17) is 0 Å². The van der Waals surface area contributed by atoms with Crippen LogP contribution in [-0.2, 0) is 4.79 Å². The molecule has 1 fully saturated rings. The van der Waals surface area contributed by atoms with Gasteiger partial charge in [0.2, 0.25) is 0 Å². The second kappa shape index (κ2) is 6.76. The first-order chi connectivity index (χ1) is 12.2. The number of carbonyl (C=O) groups excluding carboxylic acids is 2. The van der Waals surface area contributed by atoms with E-state index in [1.807, 2.05) is 19.9 Å². The fourth-order valence-electron chi connectivity index (χ4n) is 4.27. The summed E-state index contributed by atoms with van der Waals surface area (Å²) in [4.78, 5) is 28.9. The number of rotatable bonds is 3. The molecule has 4 nitrogen and oxygen atoms in total. The summed E-state index contributed by atoms with van der Waals surface area (Å²) in [6.45, 7) is 13.8. The molecule has 2 heterocycles. The van der Waals surface area contributed by atoms with Crippen molar-refractivity contribution < 1.29 is 9.59 Å². The molecule has 1 aromatic rings. The molecule has 26 heavy (non-hydrogen) atoms. The Bertz CT molecular complexity index is 782. The summed E-state index contributed by atoms with van der Waals surface area (Å²) in [5.41, 5.74) is 3.73. The molecule has 1 saturated heterocycles. The number of benzene rings is 1. The Balaban J connectivity index is 1.97. The van der Waals surface area contributed by atoms with Crippen molar-refractivity contribution in [3.8, 4) is 0 Å². The molecular formula is C21H28N2O2S. The molecule has 0 saturated carbocycles. The number of thioether (sulfide) groups is 1. The normalized spacial score (nSPS) is 24.0. The van der Waals surface area contributed by atoms with E-state index in [0.29, 0.717) is 10.8 Å². The van der Waals surface area contributed by atoms with E-state index >= 15 is 0 Å². The summed E-state index contributed by atoms with van der Waals surface area (Å²) in [5, 5.41) is -0.179. The van der Waals surface area contributed by atoms with Gasteiger partial charge >= 0.3 is 0 Å². The highest BCUT2D eigenvalue weighted by atomic mass is 32.2. The molecule has 2 aliphatic rings. The smallest absolute Gasteiger partial charge is 0.293 e. The van der Waals surface area contributed by atoms with Crippen molar-refractivity contribution in [3.05, 3.63) is 34.2 Å². The summed E-state index contributed by atoms with van der Waals surface area (Å²) in [6, 6.07) is 6.28. The molecule has 2 aliphatic heterocycles. The van der Waals surface area contributed by atoms with Crippen LogP contribution in [0.4, 0.5) is 10.5 Å². The Hall–Kier alpha value is -1.75. The van der Waals surface area contributed by atoms with Crippen LogP contribution in [0.3, 0.4) is 0 Å². The van der Waals surface area contributed by atoms with E-state index in [9.17, 15) is 9.59 Å². The molecule has 0 N–H and O–H groups in total. The van der Waals surface area contributed by atoms with Crippen LogP contribution in [0.15, 0.2) is 23.1 Å². The fourth-order valence-corrected chi connectivity index (χ4v) is 5.23. The molecule has 0 unspecified atom stereocenters. The lowest BCUT2D eigenvalue weighted by atomic mass is 9.79. The second-order valence-corrected chi connectivity index (χ2v) is 9.12. The number of fused-ring (bicyclic) bond motifs is 1. The van der Waals surface area contributed by atoms with Gasteiger partial charge in [-0.1, -0.05) is 13.0 Å². The van der Waals surface area contributed by atoms with Crippen molar-refractivity contribution in [2.24, 2.45) is 0 Å². The first-order valence-corrected chi connectivity index (χ1v) is 10.2. The van der Waals surface area contributed by atoms with Crippen LogP contribution in [-0.4, -0.2) is 34.2 Å². The van der Waals surface area contributed by atoms with Crippen molar-refractivity contribution in [2.75, 3.05) is 11.4 Å². The third-order valence-corrected chi connectivity index (χ3v) is 6.25. The minimum Gasteiger partial charge on any atom is -0.366 e. The van der Waals surface area contributed by atoms with Crippen molar-refractivity contribution in [1.29, 1.82) is 0 Å². The van der Waals surface area contributed by atoms with Gasteiger partial charge in [-0.3, -0.25) is 14.5 Å². The van der Waals surface area contributed by atoms with Crippen LogP contribution < -0.4 is 4.90 Å². The van der Waals surface area contributed by atoms with E-state index in [1.54, 1.807) is 0 Å². The lowest BCUT2D eigenvalue weighted by Gasteiger charge is -2.47. The number of hydrogen-bond donors (Lipinski definition) is 0. The van der Waals surface area contributed by atoms with Crippen LogP contribution in [0, 0.1) is 0 Å². The lowest BCUT2D eigenvalue weighted by Crippen LogP contribution is -2.48. The first-order valence-electron chi connectivity index (χ1n) is 9.34. The number of carbonyl (C=O) groups is 2. The van der Waals surface area contributed by atoms with Gasteiger partial charge in [-0.15, -0.1) is 0 Å². The van der Waals surface area contributed by atoms with Crippen molar-refractivity contribution >= 4 is 34.7 Å². The molecule has 2 amide bonds. The Kier molecular flexibility index (Phi) is 4.95. The number of imide groups is 1. The lowest BCUT2D eigenvalue weighted by molar-refractivity contribution is -0.123. The summed E-state index contributed by atoms with van der Waals surface area (Å²) < 4.78 is 0. The number of amides is 2. The van der Waals surface area contributed by atoms with Gasteiger partial charge in [-0.05, 0) is 88.1 Å². The number of anilines is 1. The van der Waals surface area contributed by atoms with Crippen molar-refractivity contribution in [1.82, 2.24) is 4.90 Å². The Morgan fingerprint density at radius 2 is 2.00 bits per heavy atom. The minimum absolute atomic E-state index is 0.114. The Morgan fingerprint density at radius 1 is 1.31 bits per heavy atom. The quantitative estimate of drug-likeness (QED) is 0.680. The average Bonchev–Trinajstić information content (AvgIpc) is 2.81. The molecule has 0 aromatic heterocycles. The Morgan fingerprint density at radius 3 is 2.58 bits per heavy atom. The maximum Gasteiger partial charge on any atom is 0.293 e. The predicted octanol–water partition coefficient (Wildman–Crippen LogP) is 5.24. The third-order valence-electron chi connectivity index (χ3n) is 5.36. The average molecular weight is 373 g/mol. The van der Waals surface area contributed by atoms with E-state index in [-0.39, 0.29) is 22.7 Å². The van der Waals surface area contributed by atoms with Crippen molar-refractivity contribution in [2.45, 2.75) is 65.5 Å². The summed E-state index contributed by atoms with van der Waals surface area (Å²) >= 11 is 1.04. The van der Waals surface area contributed by atoms with Gasteiger partial charge in [-0.25, -0.2) is 0 Å². The SMILES string of the molecule is CCN1c2ccc(/C=C3\SC(=O)N(C(C)C)C3=O)cc2[C@@H](C)CC1(C)C.